The molecule has 0 N–H and O–H groups in total. The molecule has 140 valence electrons. The lowest BCUT2D eigenvalue weighted by atomic mass is 9.74. The molecule has 0 fully saturated rings. The van der Waals surface area contributed by atoms with Gasteiger partial charge in [-0.2, -0.15) is 0 Å². The smallest absolute Gasteiger partial charge is 0.336 e. The fourth-order valence-corrected chi connectivity index (χ4v) is 4.38. The van der Waals surface area contributed by atoms with E-state index in [9.17, 15) is 9.59 Å². The topological polar surface area (TPSA) is 65.0 Å². The Morgan fingerprint density at radius 3 is 2.41 bits per heavy atom. The van der Waals surface area contributed by atoms with Gasteiger partial charge in [0, 0.05) is 22.2 Å². The minimum Gasteiger partial charge on any atom is -0.468 e. The first-order valence-electron chi connectivity index (χ1n) is 8.54. The summed E-state index contributed by atoms with van der Waals surface area (Å²) >= 11 is 1.61. The summed E-state index contributed by atoms with van der Waals surface area (Å²) < 4.78 is 10.1. The molecule has 2 atom stereocenters. The summed E-state index contributed by atoms with van der Waals surface area (Å²) in [5.41, 5.74) is 3.44. The van der Waals surface area contributed by atoms with E-state index in [1.54, 1.807) is 25.2 Å². The molecule has 2 aromatic rings. The molecule has 1 aromatic heterocycles. The summed E-state index contributed by atoms with van der Waals surface area (Å²) in [5.74, 6) is -2.12. The van der Waals surface area contributed by atoms with Crippen molar-refractivity contribution < 1.29 is 19.1 Å². The van der Waals surface area contributed by atoms with E-state index in [4.69, 9.17) is 9.47 Å². The summed E-state index contributed by atoms with van der Waals surface area (Å²) in [5, 5.41) is 2.00. The molecule has 1 aliphatic heterocycles. The zero-order valence-electron chi connectivity index (χ0n) is 15.7. The first-order valence-corrected chi connectivity index (χ1v) is 9.42. The van der Waals surface area contributed by atoms with Crippen LogP contribution in [0.3, 0.4) is 0 Å². The Kier molecular flexibility index (Phi) is 5.56. The Morgan fingerprint density at radius 2 is 1.78 bits per heavy atom. The molecular weight excluding hydrogens is 362 g/mol. The molecule has 0 bridgehead atoms. The van der Waals surface area contributed by atoms with Gasteiger partial charge in [-0.15, -0.1) is 11.3 Å². The molecule has 0 radical (unpaired) electrons. The van der Waals surface area contributed by atoms with E-state index >= 15 is 0 Å². The molecule has 0 amide bonds. The molecule has 27 heavy (non-hydrogen) atoms. The maximum Gasteiger partial charge on any atom is 0.336 e. The van der Waals surface area contributed by atoms with Crippen LogP contribution in [0.15, 0.2) is 58.0 Å². The van der Waals surface area contributed by atoms with E-state index in [-0.39, 0.29) is 0 Å². The van der Waals surface area contributed by atoms with Crippen LogP contribution < -0.4 is 0 Å². The summed E-state index contributed by atoms with van der Waals surface area (Å²) in [6.45, 7) is 3.56. The highest BCUT2D eigenvalue weighted by Crippen LogP contribution is 2.44. The summed E-state index contributed by atoms with van der Waals surface area (Å²) in [7, 11) is 2.68. The van der Waals surface area contributed by atoms with Crippen LogP contribution in [0.2, 0.25) is 0 Å². The fourth-order valence-electron chi connectivity index (χ4n) is 3.60. The third-order valence-corrected chi connectivity index (χ3v) is 5.67. The van der Waals surface area contributed by atoms with Crippen molar-refractivity contribution in [2.75, 3.05) is 14.2 Å². The molecule has 0 saturated heterocycles. The van der Waals surface area contributed by atoms with Crippen LogP contribution in [0.25, 0.3) is 10.4 Å². The number of benzene rings is 1. The van der Waals surface area contributed by atoms with Crippen LogP contribution in [0, 0.1) is 5.92 Å². The lowest BCUT2D eigenvalue weighted by Gasteiger charge is -2.32. The van der Waals surface area contributed by atoms with Crippen molar-refractivity contribution in [1.29, 1.82) is 0 Å². The van der Waals surface area contributed by atoms with Crippen molar-refractivity contribution in [2.24, 2.45) is 10.9 Å². The minimum absolute atomic E-state index is 0.391. The van der Waals surface area contributed by atoms with Crippen LogP contribution in [0.4, 0.5) is 0 Å². The van der Waals surface area contributed by atoms with Gasteiger partial charge in [0.15, 0.2) is 0 Å². The van der Waals surface area contributed by atoms with Crippen LogP contribution in [-0.4, -0.2) is 31.9 Å². The predicted octanol–water partition coefficient (Wildman–Crippen LogP) is 4.21. The molecule has 5 nitrogen and oxygen atoms in total. The number of rotatable bonds is 4. The molecule has 1 aliphatic rings. The zero-order chi connectivity index (χ0) is 19.6. The van der Waals surface area contributed by atoms with Crippen molar-refractivity contribution in [1.82, 2.24) is 0 Å². The van der Waals surface area contributed by atoms with E-state index in [0.717, 1.165) is 16.0 Å². The summed E-state index contributed by atoms with van der Waals surface area (Å²) in [4.78, 5) is 30.8. The Morgan fingerprint density at radius 1 is 1.04 bits per heavy atom. The van der Waals surface area contributed by atoms with Gasteiger partial charge in [0.25, 0.3) is 0 Å². The number of thiophene rings is 1. The average Bonchev–Trinajstić information content (AvgIpc) is 3.21. The van der Waals surface area contributed by atoms with Gasteiger partial charge in [-0.3, -0.25) is 9.79 Å². The Bertz CT molecular complexity index is 927. The highest BCUT2D eigenvalue weighted by atomic mass is 32.1. The number of carbonyl (C=O) groups is 2. The number of allylic oxidation sites excluding steroid dienone is 1. The fraction of sp³-hybridized carbons (Fsp3) is 0.286. The van der Waals surface area contributed by atoms with Crippen molar-refractivity contribution >= 4 is 29.0 Å². The maximum atomic E-state index is 12.6. The summed E-state index contributed by atoms with van der Waals surface area (Å²) in [6.07, 6.45) is 0. The molecule has 2 unspecified atom stereocenters. The molecule has 6 heteroatoms. The average molecular weight is 383 g/mol. The molecule has 1 aromatic carbocycles. The largest absolute Gasteiger partial charge is 0.468 e. The lowest BCUT2D eigenvalue weighted by Crippen LogP contribution is -2.36. The van der Waals surface area contributed by atoms with Crippen molar-refractivity contribution in [3.8, 4) is 10.4 Å². The van der Waals surface area contributed by atoms with Gasteiger partial charge in [0.2, 0.25) is 0 Å². The monoisotopic (exact) mass is 383 g/mol. The van der Waals surface area contributed by atoms with Crippen LogP contribution in [0.1, 0.15) is 25.3 Å². The van der Waals surface area contributed by atoms with Gasteiger partial charge in [-0.1, -0.05) is 30.3 Å². The Labute approximate surface area is 162 Å². The molecule has 0 saturated carbocycles. The van der Waals surface area contributed by atoms with E-state index in [1.807, 2.05) is 41.8 Å². The molecule has 0 aliphatic carbocycles. The number of nitrogens with zero attached hydrogens (tertiary/aromatic N) is 1. The SMILES string of the molecule is COC(=O)C1=C(C)N=C(C)C(C(=O)OC)C1c1ccccc1-c1cccs1. The highest BCUT2D eigenvalue weighted by molar-refractivity contribution is 7.13. The van der Waals surface area contributed by atoms with E-state index in [2.05, 4.69) is 4.99 Å². The number of carbonyl (C=O) groups excluding carboxylic acids is 2. The number of methoxy groups -OCH3 is 2. The van der Waals surface area contributed by atoms with E-state index in [1.165, 1.54) is 14.2 Å². The highest BCUT2D eigenvalue weighted by Gasteiger charge is 2.42. The van der Waals surface area contributed by atoms with Gasteiger partial charge in [0.1, 0.15) is 5.92 Å². The maximum absolute atomic E-state index is 12.6. The van der Waals surface area contributed by atoms with Crippen molar-refractivity contribution in [2.45, 2.75) is 19.8 Å². The normalized spacial score (nSPS) is 19.5. The van der Waals surface area contributed by atoms with Gasteiger partial charge in [-0.05, 0) is 36.4 Å². The first-order chi connectivity index (χ1) is 13.0. The Hall–Kier alpha value is -2.73. The van der Waals surface area contributed by atoms with Gasteiger partial charge in [-0.25, -0.2) is 4.79 Å². The molecule has 0 spiro atoms. The quantitative estimate of drug-likeness (QED) is 0.742. The number of ether oxygens (including phenoxy) is 2. The van der Waals surface area contributed by atoms with Crippen LogP contribution in [0.5, 0.6) is 0 Å². The molecule has 2 heterocycles. The second-order valence-corrected chi connectivity index (χ2v) is 7.23. The van der Waals surface area contributed by atoms with Crippen molar-refractivity contribution in [3.05, 3.63) is 58.6 Å². The van der Waals surface area contributed by atoms with Gasteiger partial charge >= 0.3 is 11.9 Å². The number of aliphatic imine (C=N–C) groups is 1. The summed E-state index contributed by atoms with van der Waals surface area (Å²) in [6, 6.07) is 11.8. The molecule has 3 rings (SSSR count). The van der Waals surface area contributed by atoms with Crippen LogP contribution >= 0.6 is 11.3 Å². The van der Waals surface area contributed by atoms with Crippen molar-refractivity contribution in [3.63, 3.8) is 0 Å². The van der Waals surface area contributed by atoms with E-state index < -0.39 is 23.8 Å². The lowest BCUT2D eigenvalue weighted by molar-refractivity contribution is -0.143. The zero-order valence-corrected chi connectivity index (χ0v) is 16.5. The second-order valence-electron chi connectivity index (χ2n) is 6.29. The minimum atomic E-state index is -0.686. The standard InChI is InChI=1S/C21H21NO4S/c1-12-17(20(23)25-3)19(18(13(2)22-12)21(24)26-4)15-9-6-5-8-14(15)16-10-7-11-27-16/h5-11,17,19H,1-4H3. The Balaban J connectivity index is 2.27. The third-order valence-electron chi connectivity index (χ3n) is 4.77. The van der Waals surface area contributed by atoms with Gasteiger partial charge < -0.3 is 9.47 Å². The number of hydrogen-bond donors (Lipinski definition) is 0. The second kappa shape index (κ2) is 7.88. The van der Waals surface area contributed by atoms with Gasteiger partial charge in [0.05, 0.1) is 19.8 Å². The third kappa shape index (κ3) is 3.45. The number of hydrogen-bond acceptors (Lipinski definition) is 6. The first kappa shape index (κ1) is 19.0. The molecular formula is C21H21NO4S. The van der Waals surface area contributed by atoms with E-state index in [0.29, 0.717) is 17.0 Å². The van der Waals surface area contributed by atoms with Crippen LogP contribution in [-0.2, 0) is 19.1 Å². The predicted molar refractivity (Wildman–Crippen MR) is 106 cm³/mol. The number of esters is 2.